The summed E-state index contributed by atoms with van der Waals surface area (Å²) < 4.78 is 18.6. The van der Waals surface area contributed by atoms with Crippen molar-refractivity contribution in [2.45, 2.75) is 97.8 Å². The molecule has 0 saturated heterocycles. The molecule has 154 valence electrons. The maximum absolute atomic E-state index is 6.43. The third-order valence-electron chi connectivity index (χ3n) is 4.98. The fourth-order valence-corrected chi connectivity index (χ4v) is 5.57. The highest BCUT2D eigenvalue weighted by molar-refractivity contribution is 6.59. The predicted molar refractivity (Wildman–Crippen MR) is 115 cm³/mol. The van der Waals surface area contributed by atoms with E-state index in [0.717, 1.165) is 38.5 Å². The number of hydrogen-bond donors (Lipinski definition) is 0. The van der Waals surface area contributed by atoms with Crippen molar-refractivity contribution in [1.82, 2.24) is 0 Å². The molecule has 26 heavy (non-hydrogen) atoms. The number of hydrogen-bond acceptors (Lipinski definition) is 3. The van der Waals surface area contributed by atoms with E-state index in [1.807, 2.05) is 18.7 Å². The first-order valence-corrected chi connectivity index (χ1v) is 12.3. The Kier molecular flexibility index (Phi) is 11.2. The molecular weight excluding hydrogens is 340 g/mol. The predicted octanol–water partition coefficient (Wildman–Crippen LogP) is 6.78. The van der Waals surface area contributed by atoms with Gasteiger partial charge in [0, 0.05) is 13.7 Å². The van der Waals surface area contributed by atoms with Crippen LogP contribution in [0, 0.1) is 11.8 Å². The Morgan fingerprint density at radius 3 is 1.46 bits per heavy atom. The lowest BCUT2D eigenvalue weighted by Gasteiger charge is -2.40. The molecule has 0 heterocycles. The Balaban J connectivity index is 4.67. The first kappa shape index (κ1) is 25.6. The van der Waals surface area contributed by atoms with Crippen molar-refractivity contribution in [3.8, 4) is 0 Å². The highest BCUT2D eigenvalue weighted by atomic mass is 28.4. The molecule has 0 aliphatic rings. The maximum Gasteiger partial charge on any atom is 0.498 e. The summed E-state index contributed by atoms with van der Waals surface area (Å²) in [5.41, 5.74) is -0.517. The smallest absolute Gasteiger partial charge is 0.377 e. The summed E-state index contributed by atoms with van der Waals surface area (Å²) in [7, 11) is -0.999. The van der Waals surface area contributed by atoms with E-state index in [4.69, 9.17) is 13.3 Å². The molecule has 3 nitrogen and oxygen atoms in total. The summed E-state index contributed by atoms with van der Waals surface area (Å²) in [5.74, 6) is 1.09. The van der Waals surface area contributed by atoms with Gasteiger partial charge in [-0.25, -0.2) is 0 Å². The van der Waals surface area contributed by atoms with E-state index in [0.29, 0.717) is 11.8 Å². The highest BCUT2D eigenvalue weighted by Crippen LogP contribution is 2.30. The summed E-state index contributed by atoms with van der Waals surface area (Å²) in [6.07, 6.45) is 10.5. The molecule has 0 aromatic carbocycles. The van der Waals surface area contributed by atoms with Crippen LogP contribution in [0.25, 0.3) is 0 Å². The minimum Gasteiger partial charge on any atom is -0.377 e. The average Bonchev–Trinajstić information content (AvgIpc) is 2.52. The van der Waals surface area contributed by atoms with Crippen molar-refractivity contribution < 1.29 is 13.3 Å². The van der Waals surface area contributed by atoms with Crippen LogP contribution in [-0.4, -0.2) is 27.1 Å². The third kappa shape index (κ3) is 11.3. The van der Waals surface area contributed by atoms with E-state index in [-0.39, 0.29) is 11.2 Å². The van der Waals surface area contributed by atoms with Crippen molar-refractivity contribution in [2.75, 3.05) is 7.11 Å². The van der Waals surface area contributed by atoms with Crippen LogP contribution in [0.15, 0.2) is 25.3 Å². The molecule has 0 rings (SSSR count). The van der Waals surface area contributed by atoms with Crippen molar-refractivity contribution in [2.24, 2.45) is 11.8 Å². The highest BCUT2D eigenvalue weighted by Gasteiger charge is 2.43. The van der Waals surface area contributed by atoms with Crippen molar-refractivity contribution in [1.29, 1.82) is 0 Å². The van der Waals surface area contributed by atoms with E-state index in [9.17, 15) is 0 Å². The van der Waals surface area contributed by atoms with Crippen LogP contribution in [0.4, 0.5) is 0 Å². The first-order valence-electron chi connectivity index (χ1n) is 10.1. The number of rotatable bonds is 15. The zero-order chi connectivity index (χ0) is 20.4. The van der Waals surface area contributed by atoms with Crippen molar-refractivity contribution in [3.05, 3.63) is 25.3 Å². The molecule has 0 fully saturated rings. The zero-order valence-electron chi connectivity index (χ0n) is 18.7. The summed E-state index contributed by atoms with van der Waals surface area (Å²) in [6, 6.07) is 0. The molecule has 0 radical (unpaired) electrons. The summed E-state index contributed by atoms with van der Waals surface area (Å²) >= 11 is 0. The van der Waals surface area contributed by atoms with Gasteiger partial charge in [-0.3, -0.25) is 0 Å². The molecule has 2 unspecified atom stereocenters. The van der Waals surface area contributed by atoms with Crippen LogP contribution < -0.4 is 0 Å². The van der Waals surface area contributed by atoms with Crippen LogP contribution in [0.5, 0.6) is 0 Å². The SMILES string of the molecule is C=CC(C)CCCC(C)(C)O[Si](C)(OC)OC(C)(C)CCCC(C)C=C. The Bertz CT molecular complexity index is 384. The van der Waals surface area contributed by atoms with Gasteiger partial charge in [-0.1, -0.05) is 38.8 Å². The Morgan fingerprint density at radius 2 is 1.19 bits per heavy atom. The minimum atomic E-state index is -2.71. The van der Waals surface area contributed by atoms with Crippen molar-refractivity contribution in [3.63, 3.8) is 0 Å². The minimum absolute atomic E-state index is 0.259. The van der Waals surface area contributed by atoms with Gasteiger partial charge in [0.1, 0.15) is 0 Å². The fraction of sp³-hybridized carbons (Fsp3) is 0.818. The first-order chi connectivity index (χ1) is 11.9. The van der Waals surface area contributed by atoms with Crippen LogP contribution in [-0.2, 0) is 13.3 Å². The van der Waals surface area contributed by atoms with E-state index < -0.39 is 8.80 Å². The van der Waals surface area contributed by atoms with E-state index in [1.54, 1.807) is 7.11 Å². The molecule has 0 bridgehead atoms. The van der Waals surface area contributed by atoms with Crippen LogP contribution in [0.3, 0.4) is 0 Å². The second-order valence-corrected chi connectivity index (χ2v) is 11.5. The zero-order valence-corrected chi connectivity index (χ0v) is 19.7. The standard InChI is InChI=1S/C22H44O3Si/c1-11-19(3)15-13-17-21(5,6)24-26(10,23-9)25-22(7,8)18-14-16-20(4)12-2/h11-12,19-20H,1-2,13-18H2,3-10H3. The molecule has 0 amide bonds. The summed E-state index contributed by atoms with van der Waals surface area (Å²) in [6.45, 7) is 22.7. The van der Waals surface area contributed by atoms with Crippen LogP contribution >= 0.6 is 0 Å². The van der Waals surface area contributed by atoms with Gasteiger partial charge < -0.3 is 13.3 Å². The average molecular weight is 385 g/mol. The largest absolute Gasteiger partial charge is 0.498 e. The second-order valence-electron chi connectivity index (χ2n) is 9.00. The van der Waals surface area contributed by atoms with Crippen molar-refractivity contribution >= 4 is 8.80 Å². The van der Waals surface area contributed by atoms with Gasteiger partial charge >= 0.3 is 8.80 Å². The molecule has 0 aliphatic heterocycles. The maximum atomic E-state index is 6.43. The lowest BCUT2D eigenvalue weighted by atomic mass is 9.97. The van der Waals surface area contributed by atoms with Gasteiger partial charge in [0.2, 0.25) is 0 Å². The summed E-state index contributed by atoms with van der Waals surface area (Å²) in [4.78, 5) is 0. The second kappa shape index (κ2) is 11.4. The molecule has 0 aromatic heterocycles. The van der Waals surface area contributed by atoms with E-state index in [1.165, 1.54) is 0 Å². The normalized spacial score (nSPS) is 17.4. The summed E-state index contributed by atoms with van der Waals surface area (Å²) in [5, 5.41) is 0. The molecule has 0 saturated carbocycles. The van der Waals surface area contributed by atoms with Gasteiger partial charge in [0.15, 0.2) is 0 Å². The Labute approximate surface area is 164 Å². The lowest BCUT2D eigenvalue weighted by Crippen LogP contribution is -2.52. The molecule has 0 aliphatic carbocycles. The molecule has 0 N–H and O–H groups in total. The Morgan fingerprint density at radius 1 is 0.846 bits per heavy atom. The molecule has 0 spiro atoms. The third-order valence-corrected chi connectivity index (χ3v) is 7.56. The van der Waals surface area contributed by atoms with Gasteiger partial charge in [0.25, 0.3) is 0 Å². The van der Waals surface area contributed by atoms with Crippen LogP contribution in [0.2, 0.25) is 6.55 Å². The molecule has 2 atom stereocenters. The van der Waals surface area contributed by atoms with Gasteiger partial charge in [0.05, 0.1) is 11.2 Å². The van der Waals surface area contributed by atoms with Crippen LogP contribution in [0.1, 0.15) is 80.1 Å². The Hall–Kier alpha value is -0.423. The van der Waals surface area contributed by atoms with Gasteiger partial charge in [-0.05, 0) is 65.2 Å². The lowest BCUT2D eigenvalue weighted by molar-refractivity contribution is -0.0513. The quantitative estimate of drug-likeness (QED) is 0.230. The molecule has 0 aromatic rings. The number of allylic oxidation sites excluding steroid dienone is 2. The van der Waals surface area contributed by atoms with Gasteiger partial charge in [-0.15, -0.1) is 13.2 Å². The molecule has 4 heteroatoms. The van der Waals surface area contributed by atoms with Gasteiger partial charge in [-0.2, -0.15) is 0 Å². The van der Waals surface area contributed by atoms with E-state index in [2.05, 4.69) is 54.7 Å². The van der Waals surface area contributed by atoms with E-state index >= 15 is 0 Å². The monoisotopic (exact) mass is 384 g/mol. The molecular formula is C22H44O3Si. The fourth-order valence-electron chi connectivity index (χ4n) is 3.15. The topological polar surface area (TPSA) is 27.7 Å².